The minimum atomic E-state index is -0.583. The topological polar surface area (TPSA) is 80.5 Å². The number of fused-ring (bicyclic) bond motifs is 1. The van der Waals surface area contributed by atoms with Gasteiger partial charge in [0.05, 0.1) is 21.7 Å². The average molecular weight is 584 g/mol. The van der Waals surface area contributed by atoms with Gasteiger partial charge in [0.1, 0.15) is 0 Å². The Balaban J connectivity index is 2.22. The molecule has 3 rings (SSSR count). The van der Waals surface area contributed by atoms with E-state index < -0.39 is 16.7 Å². The monoisotopic (exact) mass is 580 g/mol. The highest BCUT2D eigenvalue weighted by atomic mass is 79.9. The van der Waals surface area contributed by atoms with Crippen LogP contribution < -0.4 is 4.90 Å². The Morgan fingerprint density at radius 3 is 1.83 bits per heavy atom. The number of nitro benzene ring substituents is 1. The first-order chi connectivity index (χ1) is 11.3. The predicted molar refractivity (Wildman–Crippen MR) is 101 cm³/mol. The van der Waals surface area contributed by atoms with Gasteiger partial charge in [0.2, 0.25) is 0 Å². The lowest BCUT2D eigenvalue weighted by atomic mass is 10.1. The number of nitro groups is 1. The third-order valence-electron chi connectivity index (χ3n) is 3.40. The number of hydrogen-bond donors (Lipinski definition) is 0. The molecule has 0 bridgehead atoms. The van der Waals surface area contributed by atoms with Gasteiger partial charge in [-0.1, -0.05) is 6.07 Å². The normalized spacial score (nSPS) is 13.4. The van der Waals surface area contributed by atoms with E-state index in [1.165, 1.54) is 24.3 Å². The van der Waals surface area contributed by atoms with E-state index in [4.69, 9.17) is 0 Å². The third-order valence-corrected chi connectivity index (χ3v) is 8.17. The summed E-state index contributed by atoms with van der Waals surface area (Å²) in [7, 11) is 0. The van der Waals surface area contributed by atoms with Crippen LogP contribution in [0.4, 0.5) is 11.4 Å². The Labute approximate surface area is 168 Å². The van der Waals surface area contributed by atoms with E-state index >= 15 is 0 Å². The van der Waals surface area contributed by atoms with Crippen molar-refractivity contribution in [1.29, 1.82) is 0 Å². The highest BCUT2D eigenvalue weighted by Crippen LogP contribution is 2.46. The molecule has 1 aliphatic rings. The van der Waals surface area contributed by atoms with Crippen LogP contribution in [0.3, 0.4) is 0 Å². The van der Waals surface area contributed by atoms with Crippen LogP contribution in [0, 0.1) is 10.1 Å². The van der Waals surface area contributed by atoms with E-state index in [2.05, 4.69) is 63.7 Å². The molecule has 0 aromatic heterocycles. The van der Waals surface area contributed by atoms with Crippen molar-refractivity contribution in [1.82, 2.24) is 0 Å². The van der Waals surface area contributed by atoms with Crippen molar-refractivity contribution in [2.75, 3.05) is 4.90 Å². The van der Waals surface area contributed by atoms with Crippen LogP contribution in [0.2, 0.25) is 0 Å². The second-order valence-electron chi connectivity index (χ2n) is 4.73. The fourth-order valence-corrected chi connectivity index (χ4v) is 4.79. The zero-order valence-electron chi connectivity index (χ0n) is 11.3. The predicted octanol–water partition coefficient (Wildman–Crippen LogP) is 5.45. The van der Waals surface area contributed by atoms with Gasteiger partial charge < -0.3 is 0 Å². The summed E-state index contributed by atoms with van der Waals surface area (Å²) < 4.78 is 2.02. The summed E-state index contributed by atoms with van der Waals surface area (Å²) in [5.41, 5.74) is 0.313. The van der Waals surface area contributed by atoms with Crippen LogP contribution in [0.1, 0.15) is 20.7 Å². The Bertz CT molecular complexity index is 898. The molecule has 0 fully saturated rings. The fraction of sp³-hybridized carbons (Fsp3) is 0. The Kier molecular flexibility index (Phi) is 4.67. The van der Waals surface area contributed by atoms with E-state index in [1.807, 2.05) is 0 Å². The number of hydrogen-bond acceptors (Lipinski definition) is 4. The lowest BCUT2D eigenvalue weighted by Gasteiger charge is -2.13. The van der Waals surface area contributed by atoms with Crippen molar-refractivity contribution in [2.45, 2.75) is 0 Å². The second-order valence-corrected chi connectivity index (χ2v) is 7.90. The number of rotatable bonds is 2. The summed E-state index contributed by atoms with van der Waals surface area (Å²) >= 11 is 13.3. The van der Waals surface area contributed by atoms with E-state index in [-0.39, 0.29) is 22.5 Å². The summed E-state index contributed by atoms with van der Waals surface area (Å²) in [6.45, 7) is 0. The first-order valence-electron chi connectivity index (χ1n) is 6.25. The van der Waals surface area contributed by atoms with Crippen LogP contribution in [0.25, 0.3) is 0 Å². The molecule has 0 spiro atoms. The molecule has 2 aromatic rings. The van der Waals surface area contributed by atoms with E-state index in [1.54, 1.807) is 0 Å². The molecule has 0 N–H and O–H groups in total. The number of benzene rings is 2. The van der Waals surface area contributed by atoms with Gasteiger partial charge in [0, 0.05) is 30.0 Å². The zero-order chi connectivity index (χ0) is 17.8. The third kappa shape index (κ3) is 2.56. The molecule has 0 aliphatic carbocycles. The van der Waals surface area contributed by atoms with Crippen molar-refractivity contribution in [2.24, 2.45) is 0 Å². The van der Waals surface area contributed by atoms with Crippen LogP contribution in [-0.4, -0.2) is 16.7 Å². The lowest BCUT2D eigenvalue weighted by Crippen LogP contribution is -2.29. The van der Waals surface area contributed by atoms with Gasteiger partial charge in [-0.05, 0) is 69.8 Å². The Morgan fingerprint density at radius 1 is 0.875 bits per heavy atom. The smallest absolute Gasteiger partial charge is 0.268 e. The molecule has 0 saturated carbocycles. The quantitative estimate of drug-likeness (QED) is 0.155. The fourth-order valence-electron chi connectivity index (χ4n) is 2.33. The van der Waals surface area contributed by atoms with Crippen molar-refractivity contribution in [3.63, 3.8) is 0 Å². The minimum Gasteiger partial charge on any atom is -0.268 e. The summed E-state index contributed by atoms with van der Waals surface area (Å²) in [6.07, 6.45) is 0. The lowest BCUT2D eigenvalue weighted by molar-refractivity contribution is -0.384. The van der Waals surface area contributed by atoms with Crippen LogP contribution in [-0.2, 0) is 0 Å². The van der Waals surface area contributed by atoms with Gasteiger partial charge in [0.25, 0.3) is 17.5 Å². The Morgan fingerprint density at radius 2 is 1.38 bits per heavy atom. The maximum atomic E-state index is 12.8. The second kappa shape index (κ2) is 6.32. The van der Waals surface area contributed by atoms with E-state index in [9.17, 15) is 19.7 Å². The molecular weight excluding hydrogens is 580 g/mol. The van der Waals surface area contributed by atoms with Crippen molar-refractivity contribution in [3.8, 4) is 0 Å². The number of nitrogens with zero attached hydrogens (tertiary/aromatic N) is 2. The molecule has 1 heterocycles. The summed E-state index contributed by atoms with van der Waals surface area (Å²) in [6, 6.07) is 5.38. The van der Waals surface area contributed by atoms with Gasteiger partial charge in [0.15, 0.2) is 0 Å². The SMILES string of the molecule is O=C1c2c(Br)c(Br)c(Br)c(Br)c2C(=O)N1c1cccc([N+](=O)[O-])c1. The number of imide groups is 1. The maximum absolute atomic E-state index is 12.8. The van der Waals surface area contributed by atoms with Gasteiger partial charge in [-0.2, -0.15) is 0 Å². The van der Waals surface area contributed by atoms with Crippen LogP contribution in [0.15, 0.2) is 42.2 Å². The largest absolute Gasteiger partial charge is 0.271 e. The van der Waals surface area contributed by atoms with Crippen LogP contribution >= 0.6 is 63.7 Å². The molecule has 0 saturated heterocycles. The number of carbonyl (C=O) groups excluding carboxylic acids is 2. The van der Waals surface area contributed by atoms with Gasteiger partial charge in [-0.15, -0.1) is 0 Å². The molecule has 122 valence electrons. The zero-order valence-corrected chi connectivity index (χ0v) is 17.7. The maximum Gasteiger partial charge on any atom is 0.271 e. The summed E-state index contributed by atoms with van der Waals surface area (Å²) in [4.78, 5) is 36.8. The van der Waals surface area contributed by atoms with E-state index in [0.717, 1.165) is 4.90 Å². The number of anilines is 1. The first-order valence-corrected chi connectivity index (χ1v) is 9.42. The standard InChI is InChI=1S/C14H4Br4N2O4/c15-9-7-8(10(16)12(18)11(9)17)14(22)19(13(7)21)5-2-1-3-6(4-5)20(23)24/h1-4H. The summed E-state index contributed by atoms with van der Waals surface area (Å²) in [5.74, 6) is -1.12. The highest BCUT2D eigenvalue weighted by Gasteiger charge is 2.42. The number of halogens is 4. The first kappa shape index (κ1) is 17.7. The molecule has 10 heteroatoms. The molecule has 0 atom stereocenters. The van der Waals surface area contributed by atoms with Crippen molar-refractivity contribution >= 4 is 86.9 Å². The molecule has 0 unspecified atom stereocenters. The highest BCUT2D eigenvalue weighted by molar-refractivity contribution is 9.15. The molecule has 6 nitrogen and oxygen atoms in total. The molecular formula is C14H4Br4N2O4. The van der Waals surface area contributed by atoms with Gasteiger partial charge in [-0.3, -0.25) is 19.7 Å². The van der Waals surface area contributed by atoms with Gasteiger partial charge >= 0.3 is 0 Å². The molecule has 24 heavy (non-hydrogen) atoms. The number of amides is 2. The Hall–Kier alpha value is -1.10. The average Bonchev–Trinajstić information content (AvgIpc) is 2.82. The molecule has 1 aliphatic heterocycles. The summed E-state index contributed by atoms with van der Waals surface area (Å²) in [5, 5.41) is 10.9. The van der Waals surface area contributed by atoms with E-state index in [0.29, 0.717) is 17.9 Å². The number of non-ortho nitro benzene ring substituents is 1. The van der Waals surface area contributed by atoms with Crippen molar-refractivity contribution < 1.29 is 14.5 Å². The van der Waals surface area contributed by atoms with Crippen LogP contribution in [0.5, 0.6) is 0 Å². The molecule has 2 amide bonds. The van der Waals surface area contributed by atoms with Gasteiger partial charge in [-0.25, -0.2) is 4.90 Å². The number of carbonyl (C=O) groups is 2. The molecule has 2 aromatic carbocycles. The minimum absolute atomic E-state index is 0.140. The van der Waals surface area contributed by atoms with Crippen molar-refractivity contribution in [3.05, 3.63) is 63.4 Å². The molecule has 0 radical (unpaired) electrons.